The van der Waals surface area contributed by atoms with Crippen molar-refractivity contribution in [2.24, 2.45) is 22.7 Å². The van der Waals surface area contributed by atoms with Crippen LogP contribution in [-0.2, 0) is 14.3 Å². The van der Waals surface area contributed by atoms with Crippen LogP contribution in [0.1, 0.15) is 65.7 Å². The summed E-state index contributed by atoms with van der Waals surface area (Å²) in [5.74, 6) is -0.131. The number of carboxylic acids is 1. The van der Waals surface area contributed by atoms with Crippen molar-refractivity contribution in [2.45, 2.75) is 77.4 Å². The first-order valence-electron chi connectivity index (χ1n) is 9.21. The number of hydrogen-bond acceptors (Lipinski definition) is 3. The average Bonchev–Trinajstić information content (AvgIpc) is 3.17. The Morgan fingerprint density at radius 2 is 2.08 bits per heavy atom. The van der Waals surface area contributed by atoms with E-state index in [0.717, 1.165) is 51.2 Å². The van der Waals surface area contributed by atoms with Gasteiger partial charge in [0.1, 0.15) is 6.10 Å². The maximum atomic E-state index is 12.0. The first-order valence-corrected chi connectivity index (χ1v) is 9.21. The molecule has 6 atom stereocenters. The lowest BCUT2D eigenvalue weighted by molar-refractivity contribution is -0.164. The second-order valence-electron chi connectivity index (χ2n) is 8.91. The molecular weight excluding hydrogens is 304 g/mol. The van der Waals surface area contributed by atoms with E-state index in [1.807, 2.05) is 13.8 Å². The molecule has 4 nitrogen and oxygen atoms in total. The minimum Gasteiger partial charge on any atom is -0.481 e. The zero-order valence-electron chi connectivity index (χ0n) is 15.1. The molecule has 0 amide bonds. The number of hydrogen-bond donors (Lipinski definition) is 1. The molecule has 1 N–H and O–H groups in total. The molecule has 2 saturated carbocycles. The van der Waals surface area contributed by atoms with E-state index < -0.39 is 11.4 Å². The van der Waals surface area contributed by atoms with Gasteiger partial charge in [-0.2, -0.15) is 0 Å². The highest BCUT2D eigenvalue weighted by Crippen LogP contribution is 2.62. The Labute approximate surface area is 144 Å². The Morgan fingerprint density at radius 3 is 2.67 bits per heavy atom. The number of rotatable bonds is 5. The van der Waals surface area contributed by atoms with Crippen molar-refractivity contribution in [1.29, 1.82) is 0 Å². The number of carboxylic acid groups (broad SMARTS) is 1. The second-order valence-corrected chi connectivity index (χ2v) is 8.91. The van der Waals surface area contributed by atoms with Gasteiger partial charge in [-0.25, -0.2) is 0 Å². The fourth-order valence-electron chi connectivity index (χ4n) is 5.80. The number of allylic oxidation sites excluding steroid dienone is 1. The van der Waals surface area contributed by atoms with Crippen LogP contribution in [0.2, 0.25) is 0 Å². The first-order chi connectivity index (χ1) is 11.2. The topological polar surface area (TPSA) is 66.9 Å². The summed E-state index contributed by atoms with van der Waals surface area (Å²) in [5, 5.41) is 9.86. The fraction of sp³-hybridized carbons (Fsp3) is 0.800. The van der Waals surface area contributed by atoms with Gasteiger partial charge in [0.25, 0.3) is 0 Å². The Kier molecular flexibility index (Phi) is 4.18. The molecule has 0 bridgehead atoms. The molecule has 1 aliphatic heterocycles. The molecule has 2 unspecified atom stereocenters. The molecular formula is C20H30O4. The molecule has 134 valence electrons. The van der Waals surface area contributed by atoms with Crippen molar-refractivity contribution in [3.63, 3.8) is 0 Å². The van der Waals surface area contributed by atoms with Gasteiger partial charge in [-0.05, 0) is 69.6 Å². The predicted octanol–water partition coefficient (Wildman–Crippen LogP) is 3.99. The molecule has 3 rings (SSSR count). The van der Waals surface area contributed by atoms with E-state index in [4.69, 9.17) is 4.74 Å². The van der Waals surface area contributed by atoms with Crippen LogP contribution in [-0.4, -0.2) is 29.1 Å². The van der Waals surface area contributed by atoms with Crippen LogP contribution in [0.5, 0.6) is 0 Å². The molecule has 3 fully saturated rings. The lowest BCUT2D eigenvalue weighted by Gasteiger charge is -2.57. The van der Waals surface area contributed by atoms with Gasteiger partial charge in [0, 0.05) is 0 Å². The van der Waals surface area contributed by atoms with Crippen molar-refractivity contribution in [3.05, 3.63) is 12.2 Å². The van der Waals surface area contributed by atoms with Gasteiger partial charge in [0.15, 0.2) is 6.29 Å². The molecule has 0 aromatic carbocycles. The Bertz CT molecular complexity index is 570. The van der Waals surface area contributed by atoms with Crippen LogP contribution in [0, 0.1) is 22.7 Å². The lowest BCUT2D eigenvalue weighted by atomic mass is 9.46. The normalized spacial score (nSPS) is 47.8. The largest absolute Gasteiger partial charge is 0.481 e. The molecule has 0 spiro atoms. The van der Waals surface area contributed by atoms with Gasteiger partial charge in [0.05, 0.1) is 11.0 Å². The molecule has 4 heteroatoms. The molecule has 0 aromatic heterocycles. The summed E-state index contributed by atoms with van der Waals surface area (Å²) in [4.78, 5) is 22.9. The van der Waals surface area contributed by atoms with E-state index in [0.29, 0.717) is 5.92 Å². The van der Waals surface area contributed by atoms with Gasteiger partial charge in [-0.3, -0.25) is 4.79 Å². The third-order valence-electron chi connectivity index (χ3n) is 7.50. The number of ether oxygens (including phenoxy) is 1. The van der Waals surface area contributed by atoms with Crippen LogP contribution in [0.25, 0.3) is 0 Å². The van der Waals surface area contributed by atoms with Gasteiger partial charge < -0.3 is 14.6 Å². The van der Waals surface area contributed by atoms with Gasteiger partial charge >= 0.3 is 5.97 Å². The van der Waals surface area contributed by atoms with E-state index in [9.17, 15) is 14.7 Å². The summed E-state index contributed by atoms with van der Waals surface area (Å²) in [6, 6.07) is 0. The fourth-order valence-corrected chi connectivity index (χ4v) is 5.80. The quantitative estimate of drug-likeness (QED) is 0.469. The van der Waals surface area contributed by atoms with E-state index in [1.165, 1.54) is 5.57 Å². The highest BCUT2D eigenvalue weighted by Gasteiger charge is 2.58. The van der Waals surface area contributed by atoms with Gasteiger partial charge in [-0.15, -0.1) is 0 Å². The summed E-state index contributed by atoms with van der Waals surface area (Å²) in [6.45, 7) is 10.5. The van der Waals surface area contributed by atoms with Crippen LogP contribution in [0.15, 0.2) is 12.2 Å². The monoisotopic (exact) mass is 334 g/mol. The summed E-state index contributed by atoms with van der Waals surface area (Å²) in [7, 11) is 0. The van der Waals surface area contributed by atoms with Crippen molar-refractivity contribution < 1.29 is 19.4 Å². The molecule has 0 aromatic rings. The van der Waals surface area contributed by atoms with E-state index in [1.54, 1.807) is 0 Å². The molecule has 0 radical (unpaired) electrons. The lowest BCUT2D eigenvalue weighted by Crippen LogP contribution is -2.53. The van der Waals surface area contributed by atoms with Crippen molar-refractivity contribution >= 4 is 12.3 Å². The zero-order valence-corrected chi connectivity index (χ0v) is 15.1. The summed E-state index contributed by atoms with van der Waals surface area (Å²) in [6.07, 6.45) is 7.05. The minimum absolute atomic E-state index is 0.0113. The highest BCUT2D eigenvalue weighted by molar-refractivity contribution is 5.75. The van der Waals surface area contributed by atoms with Crippen LogP contribution in [0.3, 0.4) is 0 Å². The predicted molar refractivity (Wildman–Crippen MR) is 91.6 cm³/mol. The van der Waals surface area contributed by atoms with E-state index in [2.05, 4.69) is 13.5 Å². The van der Waals surface area contributed by atoms with Gasteiger partial charge in [-0.1, -0.05) is 25.5 Å². The van der Waals surface area contributed by atoms with Crippen molar-refractivity contribution in [3.8, 4) is 0 Å². The third-order valence-corrected chi connectivity index (χ3v) is 7.50. The Balaban J connectivity index is 1.81. The maximum absolute atomic E-state index is 12.0. The molecule has 1 saturated heterocycles. The number of fused-ring (bicyclic) bond motifs is 1. The van der Waals surface area contributed by atoms with Crippen LogP contribution >= 0.6 is 0 Å². The number of carbonyl (C=O) groups is 2. The molecule has 1 heterocycles. The van der Waals surface area contributed by atoms with E-state index in [-0.39, 0.29) is 23.0 Å². The smallest absolute Gasteiger partial charge is 0.309 e. The van der Waals surface area contributed by atoms with Gasteiger partial charge in [0.2, 0.25) is 0 Å². The number of carbonyl (C=O) groups excluding carboxylic acids is 1. The Morgan fingerprint density at radius 1 is 1.38 bits per heavy atom. The standard InChI is InChI=1S/C20H30O4/c1-13-6-7-15-18(2,9-5-10-19(15,3)17(22)23)14(13)8-11-20(4)16(12-21)24-20/h12,14-16H,1,5-11H2,2-4H3,(H,22,23)/t14-,15+,16?,18+,19-,20?/m0/s1. The zero-order chi connectivity index (χ0) is 17.8. The summed E-state index contributed by atoms with van der Waals surface area (Å²) in [5.41, 5.74) is 0.297. The van der Waals surface area contributed by atoms with Crippen molar-refractivity contribution in [2.75, 3.05) is 0 Å². The first kappa shape index (κ1) is 17.7. The highest BCUT2D eigenvalue weighted by atomic mass is 16.6. The minimum atomic E-state index is -0.650. The Hall–Kier alpha value is -1.16. The van der Waals surface area contributed by atoms with E-state index >= 15 is 0 Å². The molecule has 24 heavy (non-hydrogen) atoms. The molecule has 3 aliphatic rings. The number of aliphatic carboxylic acids is 1. The number of aldehydes is 1. The van der Waals surface area contributed by atoms with Crippen LogP contribution < -0.4 is 0 Å². The van der Waals surface area contributed by atoms with Crippen LogP contribution in [0.4, 0.5) is 0 Å². The maximum Gasteiger partial charge on any atom is 0.309 e. The average molecular weight is 334 g/mol. The molecule has 2 aliphatic carbocycles. The summed E-state index contributed by atoms with van der Waals surface area (Å²) >= 11 is 0. The second kappa shape index (κ2) is 5.69. The summed E-state index contributed by atoms with van der Waals surface area (Å²) < 4.78 is 5.54. The third kappa shape index (κ3) is 2.54. The number of epoxide rings is 1. The van der Waals surface area contributed by atoms with Crippen molar-refractivity contribution in [1.82, 2.24) is 0 Å². The SMILES string of the molecule is C=C1CC[C@@H]2[C@](C)(CCC[C@]2(C)C(=O)O)[C@H]1CCC1(C)OC1C=O.